The molecule has 1 N–H and O–H groups in total. The lowest BCUT2D eigenvalue weighted by Crippen LogP contribution is -2.40. The van der Waals surface area contributed by atoms with Gasteiger partial charge in [-0.15, -0.1) is 0 Å². The monoisotopic (exact) mass is 540 g/mol. The Morgan fingerprint density at radius 3 is 2.70 bits per heavy atom. The van der Waals surface area contributed by atoms with Gasteiger partial charge in [0.1, 0.15) is 4.99 Å². The molecule has 6 nitrogen and oxygen atoms in total. The van der Waals surface area contributed by atoms with E-state index >= 15 is 0 Å². The van der Waals surface area contributed by atoms with Crippen molar-refractivity contribution in [1.82, 2.24) is 4.90 Å². The number of carbonyl (C=O) groups is 1. The minimum atomic E-state index is -0.227. The van der Waals surface area contributed by atoms with Crippen molar-refractivity contribution < 1.29 is 19.0 Å². The van der Waals surface area contributed by atoms with Crippen LogP contribution in [0.15, 0.2) is 30.3 Å². The SMILES string of the molecule is COc1cc(C(=S)N2CCOCC2)cc(I)c1OCC(=O)Nc1cccc(C)c1C. The third kappa shape index (κ3) is 5.41. The highest BCUT2D eigenvalue weighted by Crippen LogP contribution is 2.34. The van der Waals surface area contributed by atoms with Crippen molar-refractivity contribution >= 4 is 51.4 Å². The van der Waals surface area contributed by atoms with Crippen LogP contribution in [-0.2, 0) is 9.53 Å². The average Bonchev–Trinajstić information content (AvgIpc) is 2.75. The molecule has 0 aromatic heterocycles. The fourth-order valence-corrected chi connectivity index (χ4v) is 4.20. The first-order valence-corrected chi connectivity index (χ1v) is 11.1. The van der Waals surface area contributed by atoms with Crippen LogP contribution in [0, 0.1) is 17.4 Å². The van der Waals surface area contributed by atoms with Gasteiger partial charge in [0.25, 0.3) is 5.91 Å². The lowest BCUT2D eigenvalue weighted by molar-refractivity contribution is -0.118. The number of amides is 1. The van der Waals surface area contributed by atoms with Crippen LogP contribution in [0.1, 0.15) is 16.7 Å². The van der Waals surface area contributed by atoms with Crippen molar-refractivity contribution in [3.63, 3.8) is 0 Å². The quantitative estimate of drug-likeness (QED) is 0.443. The van der Waals surface area contributed by atoms with E-state index in [1.54, 1.807) is 7.11 Å². The predicted octanol–water partition coefficient (Wildman–Crippen LogP) is 3.94. The summed E-state index contributed by atoms with van der Waals surface area (Å²) in [6, 6.07) is 9.63. The smallest absolute Gasteiger partial charge is 0.262 e. The van der Waals surface area contributed by atoms with E-state index in [-0.39, 0.29) is 12.5 Å². The van der Waals surface area contributed by atoms with Crippen LogP contribution in [0.4, 0.5) is 5.69 Å². The van der Waals surface area contributed by atoms with Crippen molar-refractivity contribution in [2.45, 2.75) is 13.8 Å². The second-order valence-corrected chi connectivity index (χ2v) is 8.53. The number of thiocarbonyl (C=S) groups is 1. The van der Waals surface area contributed by atoms with Crippen LogP contribution >= 0.6 is 34.8 Å². The van der Waals surface area contributed by atoms with E-state index in [0.29, 0.717) is 24.7 Å². The number of aryl methyl sites for hydroxylation is 1. The first kappa shape index (κ1) is 22.8. The van der Waals surface area contributed by atoms with Gasteiger partial charge in [0.05, 0.1) is 23.9 Å². The number of benzene rings is 2. The molecule has 1 aliphatic rings. The second kappa shape index (κ2) is 10.4. The van der Waals surface area contributed by atoms with Gasteiger partial charge < -0.3 is 24.4 Å². The fraction of sp³-hybridized carbons (Fsp3) is 0.364. The first-order valence-electron chi connectivity index (χ1n) is 9.64. The van der Waals surface area contributed by atoms with E-state index in [0.717, 1.165) is 44.0 Å². The molecule has 0 unspecified atom stereocenters. The lowest BCUT2D eigenvalue weighted by atomic mass is 10.1. The molecule has 0 spiro atoms. The topological polar surface area (TPSA) is 60.0 Å². The highest BCUT2D eigenvalue weighted by Gasteiger charge is 2.20. The number of nitrogens with one attached hydrogen (secondary N) is 1. The maximum Gasteiger partial charge on any atom is 0.262 e. The normalized spacial score (nSPS) is 13.7. The molecule has 0 saturated carbocycles. The van der Waals surface area contributed by atoms with Gasteiger partial charge in [-0.2, -0.15) is 0 Å². The summed E-state index contributed by atoms with van der Waals surface area (Å²) in [6.45, 7) is 6.76. The van der Waals surface area contributed by atoms with E-state index in [9.17, 15) is 4.79 Å². The van der Waals surface area contributed by atoms with E-state index in [1.165, 1.54) is 0 Å². The first-order chi connectivity index (χ1) is 14.4. The van der Waals surface area contributed by atoms with Crippen LogP contribution in [0.5, 0.6) is 11.5 Å². The highest BCUT2D eigenvalue weighted by molar-refractivity contribution is 14.1. The Morgan fingerprint density at radius 2 is 2.00 bits per heavy atom. The van der Waals surface area contributed by atoms with Gasteiger partial charge in [0.2, 0.25) is 0 Å². The Morgan fingerprint density at radius 1 is 1.27 bits per heavy atom. The summed E-state index contributed by atoms with van der Waals surface area (Å²) in [5, 5.41) is 2.90. The molecule has 2 aromatic carbocycles. The number of halogens is 1. The number of morpholine rings is 1. The average molecular weight is 540 g/mol. The summed E-state index contributed by atoms with van der Waals surface area (Å²) in [4.78, 5) is 15.3. The van der Waals surface area contributed by atoms with E-state index in [2.05, 4.69) is 32.8 Å². The highest BCUT2D eigenvalue weighted by atomic mass is 127. The Balaban J connectivity index is 1.70. The third-order valence-electron chi connectivity index (χ3n) is 5.00. The maximum atomic E-state index is 12.4. The van der Waals surface area contributed by atoms with E-state index in [1.807, 2.05) is 44.2 Å². The maximum absolute atomic E-state index is 12.4. The number of anilines is 1. The van der Waals surface area contributed by atoms with Gasteiger partial charge >= 0.3 is 0 Å². The van der Waals surface area contributed by atoms with Gasteiger partial charge in [-0.3, -0.25) is 4.79 Å². The van der Waals surface area contributed by atoms with Crippen molar-refractivity contribution in [2.75, 3.05) is 45.3 Å². The molecular formula is C22H25IN2O4S. The van der Waals surface area contributed by atoms with E-state index in [4.69, 9.17) is 26.4 Å². The molecule has 2 aromatic rings. The number of nitrogens with zero attached hydrogens (tertiary/aromatic N) is 1. The minimum absolute atomic E-state index is 0.118. The van der Waals surface area contributed by atoms with Crippen LogP contribution < -0.4 is 14.8 Å². The molecular weight excluding hydrogens is 515 g/mol. The molecule has 1 saturated heterocycles. The number of methoxy groups -OCH3 is 1. The molecule has 1 fully saturated rings. The van der Waals surface area contributed by atoms with Crippen molar-refractivity contribution in [3.05, 3.63) is 50.6 Å². The zero-order chi connectivity index (χ0) is 21.7. The van der Waals surface area contributed by atoms with Gasteiger partial charge in [-0.05, 0) is 65.8 Å². The summed E-state index contributed by atoms with van der Waals surface area (Å²) in [6.07, 6.45) is 0. The molecule has 0 bridgehead atoms. The van der Waals surface area contributed by atoms with Gasteiger partial charge in [-0.25, -0.2) is 0 Å². The summed E-state index contributed by atoms with van der Waals surface area (Å²) in [5.41, 5.74) is 3.84. The molecule has 1 heterocycles. The fourth-order valence-electron chi connectivity index (χ4n) is 3.14. The molecule has 1 amide bonds. The minimum Gasteiger partial charge on any atom is -0.493 e. The Labute approximate surface area is 196 Å². The zero-order valence-electron chi connectivity index (χ0n) is 17.3. The predicted molar refractivity (Wildman–Crippen MR) is 130 cm³/mol. The van der Waals surface area contributed by atoms with Gasteiger partial charge in [-0.1, -0.05) is 24.4 Å². The zero-order valence-corrected chi connectivity index (χ0v) is 20.3. The third-order valence-corrected chi connectivity index (χ3v) is 6.30. The molecule has 0 atom stereocenters. The molecule has 0 radical (unpaired) electrons. The van der Waals surface area contributed by atoms with Crippen molar-refractivity contribution in [3.8, 4) is 11.5 Å². The molecule has 3 rings (SSSR count). The van der Waals surface area contributed by atoms with Crippen LogP contribution in [0.3, 0.4) is 0 Å². The van der Waals surface area contributed by atoms with Crippen molar-refractivity contribution in [1.29, 1.82) is 0 Å². The Hall–Kier alpha value is -1.91. The van der Waals surface area contributed by atoms with Crippen LogP contribution in [0.2, 0.25) is 0 Å². The van der Waals surface area contributed by atoms with Crippen LogP contribution in [0.25, 0.3) is 0 Å². The molecule has 30 heavy (non-hydrogen) atoms. The molecule has 8 heteroatoms. The molecule has 1 aliphatic heterocycles. The Bertz CT molecular complexity index is 945. The number of rotatable bonds is 6. The largest absolute Gasteiger partial charge is 0.493 e. The Kier molecular flexibility index (Phi) is 7.90. The van der Waals surface area contributed by atoms with E-state index < -0.39 is 0 Å². The van der Waals surface area contributed by atoms with Crippen LogP contribution in [-0.4, -0.2) is 55.8 Å². The molecule has 160 valence electrons. The number of carbonyl (C=O) groups excluding carboxylic acids is 1. The lowest BCUT2D eigenvalue weighted by Gasteiger charge is -2.29. The van der Waals surface area contributed by atoms with Crippen molar-refractivity contribution in [2.24, 2.45) is 0 Å². The van der Waals surface area contributed by atoms with Gasteiger partial charge in [0.15, 0.2) is 18.1 Å². The summed E-state index contributed by atoms with van der Waals surface area (Å²) >= 11 is 7.84. The molecule has 0 aliphatic carbocycles. The number of hydrogen-bond acceptors (Lipinski definition) is 5. The standard InChI is InChI=1S/C22H25IN2O4S/c1-14-5-4-6-18(15(14)2)24-20(26)13-29-21-17(23)11-16(12-19(21)27-3)22(30)25-7-9-28-10-8-25/h4-6,11-12H,7-10,13H2,1-3H3,(H,24,26). The number of ether oxygens (including phenoxy) is 3. The number of hydrogen-bond donors (Lipinski definition) is 1. The summed E-state index contributed by atoms with van der Waals surface area (Å²) in [5.74, 6) is 0.851. The van der Waals surface area contributed by atoms with Gasteiger partial charge in [0, 0.05) is 24.3 Å². The summed E-state index contributed by atoms with van der Waals surface area (Å²) in [7, 11) is 1.58. The summed E-state index contributed by atoms with van der Waals surface area (Å²) < 4.78 is 17.6. The second-order valence-electron chi connectivity index (χ2n) is 6.98.